The second-order valence-electron chi connectivity index (χ2n) is 6.30. The number of fused-ring (bicyclic) bond motifs is 1. The van der Waals surface area contributed by atoms with Gasteiger partial charge in [0.2, 0.25) is 0 Å². The highest BCUT2D eigenvalue weighted by atomic mass is 15.5. The molecule has 22 heavy (non-hydrogen) atoms. The molecule has 0 saturated heterocycles. The van der Waals surface area contributed by atoms with Crippen molar-refractivity contribution in [3.8, 4) is 0 Å². The zero-order chi connectivity index (χ0) is 15.3. The molecular weight excluding hydrogens is 274 g/mol. The zero-order valence-electron chi connectivity index (χ0n) is 13.3. The van der Waals surface area contributed by atoms with Crippen LogP contribution in [-0.2, 0) is 0 Å². The van der Waals surface area contributed by atoms with Crippen molar-refractivity contribution in [2.24, 2.45) is 5.92 Å². The van der Waals surface area contributed by atoms with Crippen LogP contribution in [0.5, 0.6) is 0 Å². The van der Waals surface area contributed by atoms with Crippen LogP contribution in [0.25, 0.3) is 11.0 Å². The average molecular weight is 295 g/mol. The van der Waals surface area contributed by atoms with Gasteiger partial charge in [-0.05, 0) is 36.1 Å². The summed E-state index contributed by atoms with van der Waals surface area (Å²) >= 11 is 0. The zero-order valence-corrected chi connectivity index (χ0v) is 13.3. The molecule has 1 aromatic carbocycles. The normalized spacial score (nSPS) is 25.0. The molecule has 3 heterocycles. The molecule has 0 fully saturated rings. The molecule has 0 bridgehead atoms. The third kappa shape index (κ3) is 1.85. The van der Waals surface area contributed by atoms with Crippen LogP contribution >= 0.6 is 0 Å². The third-order valence-corrected chi connectivity index (χ3v) is 4.85. The molecule has 0 radical (unpaired) electrons. The lowest BCUT2D eigenvalue weighted by atomic mass is 9.91. The maximum absolute atomic E-state index is 4.38. The highest BCUT2D eigenvalue weighted by Gasteiger charge is 2.31. The van der Waals surface area contributed by atoms with Crippen molar-refractivity contribution in [1.82, 2.24) is 24.8 Å². The monoisotopic (exact) mass is 295 g/mol. The van der Waals surface area contributed by atoms with Crippen LogP contribution in [0.15, 0.2) is 47.8 Å². The van der Waals surface area contributed by atoms with Crippen molar-refractivity contribution in [2.75, 3.05) is 20.6 Å². The number of hydrogen-bond acceptors (Lipinski definition) is 4. The molecule has 2 unspecified atom stereocenters. The van der Waals surface area contributed by atoms with Gasteiger partial charge in [-0.1, -0.05) is 30.3 Å². The molecule has 2 atom stereocenters. The Labute approximate surface area is 130 Å². The number of likely N-dealkylation sites (N-methyl/N-ethyl adjacent to an activating group) is 1. The van der Waals surface area contributed by atoms with E-state index < -0.39 is 0 Å². The first kappa shape index (κ1) is 13.4. The molecule has 0 saturated carbocycles. The van der Waals surface area contributed by atoms with E-state index in [9.17, 15) is 0 Å². The van der Waals surface area contributed by atoms with Gasteiger partial charge < -0.3 is 9.80 Å². The van der Waals surface area contributed by atoms with Crippen LogP contribution in [-0.4, -0.2) is 45.4 Å². The van der Waals surface area contributed by atoms with Crippen molar-refractivity contribution in [3.63, 3.8) is 0 Å². The minimum Gasteiger partial charge on any atom is -0.361 e. The van der Waals surface area contributed by atoms with Gasteiger partial charge in [-0.15, -0.1) is 5.10 Å². The third-order valence-electron chi connectivity index (χ3n) is 4.85. The predicted molar refractivity (Wildman–Crippen MR) is 86.9 cm³/mol. The van der Waals surface area contributed by atoms with Crippen molar-refractivity contribution < 1.29 is 0 Å². The quantitative estimate of drug-likeness (QED) is 0.810. The lowest BCUT2D eigenvalue weighted by molar-refractivity contribution is 0.163. The lowest BCUT2D eigenvalue weighted by Crippen LogP contribution is -2.42. The smallest absolute Gasteiger partial charge is 0.145 e. The SMILES string of the molecule is CC1CCN(C)C2=C1C=CC(n1nnc3ccccc31)N2C. The van der Waals surface area contributed by atoms with Gasteiger partial charge in [-0.25, -0.2) is 4.68 Å². The Bertz CT molecular complexity index is 772. The Hall–Kier alpha value is -2.30. The summed E-state index contributed by atoms with van der Waals surface area (Å²) in [7, 11) is 4.32. The Morgan fingerprint density at radius 1 is 1.18 bits per heavy atom. The van der Waals surface area contributed by atoms with E-state index >= 15 is 0 Å². The standard InChI is InChI=1S/C17H21N5/c1-12-10-11-20(2)17-13(12)8-9-16(21(17)3)22-15-7-5-4-6-14(15)18-19-22/h4-9,12,16H,10-11H2,1-3H3. The first-order valence-electron chi connectivity index (χ1n) is 7.83. The highest BCUT2D eigenvalue weighted by molar-refractivity contribution is 5.74. The molecule has 5 heteroatoms. The van der Waals surface area contributed by atoms with Crippen LogP contribution in [0.2, 0.25) is 0 Å². The second kappa shape index (κ2) is 4.87. The Balaban J connectivity index is 1.78. The molecule has 2 aliphatic heterocycles. The number of benzene rings is 1. The highest BCUT2D eigenvalue weighted by Crippen LogP contribution is 2.36. The fourth-order valence-electron chi connectivity index (χ4n) is 3.57. The van der Waals surface area contributed by atoms with E-state index in [-0.39, 0.29) is 6.17 Å². The predicted octanol–water partition coefficient (Wildman–Crippen LogP) is 2.61. The first-order chi connectivity index (χ1) is 10.7. The van der Waals surface area contributed by atoms with E-state index in [2.05, 4.69) is 59.3 Å². The number of rotatable bonds is 1. The largest absolute Gasteiger partial charge is 0.361 e. The number of allylic oxidation sites excluding steroid dienone is 2. The molecule has 0 aliphatic carbocycles. The molecule has 0 spiro atoms. The van der Waals surface area contributed by atoms with Crippen molar-refractivity contribution >= 4 is 11.0 Å². The molecule has 5 nitrogen and oxygen atoms in total. The molecule has 1 aromatic heterocycles. The Kier molecular flexibility index (Phi) is 2.96. The maximum atomic E-state index is 4.38. The van der Waals surface area contributed by atoms with Gasteiger partial charge in [-0.2, -0.15) is 0 Å². The van der Waals surface area contributed by atoms with Gasteiger partial charge in [0.1, 0.15) is 17.5 Å². The molecule has 2 aliphatic rings. The summed E-state index contributed by atoms with van der Waals surface area (Å²) in [4.78, 5) is 4.66. The molecule has 2 aromatic rings. The van der Waals surface area contributed by atoms with Crippen molar-refractivity contribution in [3.05, 3.63) is 47.8 Å². The van der Waals surface area contributed by atoms with Gasteiger partial charge in [0, 0.05) is 20.6 Å². The summed E-state index contributed by atoms with van der Waals surface area (Å²) in [5, 5.41) is 8.67. The van der Waals surface area contributed by atoms with Crippen molar-refractivity contribution in [2.45, 2.75) is 19.5 Å². The summed E-state index contributed by atoms with van der Waals surface area (Å²) in [6.07, 6.45) is 5.79. The summed E-state index contributed by atoms with van der Waals surface area (Å²) in [6.45, 7) is 3.41. The number of nitrogens with zero attached hydrogens (tertiary/aromatic N) is 5. The minimum atomic E-state index is 0.0684. The molecule has 0 amide bonds. The van der Waals surface area contributed by atoms with E-state index in [1.807, 2.05) is 22.9 Å². The van der Waals surface area contributed by atoms with Gasteiger partial charge in [0.25, 0.3) is 0 Å². The van der Waals surface area contributed by atoms with Crippen molar-refractivity contribution in [1.29, 1.82) is 0 Å². The molecule has 114 valence electrons. The molecular formula is C17H21N5. The maximum Gasteiger partial charge on any atom is 0.145 e. The Morgan fingerprint density at radius 3 is 2.86 bits per heavy atom. The van der Waals surface area contributed by atoms with Crippen LogP contribution < -0.4 is 0 Å². The summed E-state index contributed by atoms with van der Waals surface area (Å²) in [5.41, 5.74) is 3.44. The topological polar surface area (TPSA) is 37.2 Å². The van der Waals surface area contributed by atoms with Crippen LogP contribution in [0, 0.1) is 5.92 Å². The molecule has 0 N–H and O–H groups in total. The van der Waals surface area contributed by atoms with Gasteiger partial charge in [0.05, 0.1) is 5.52 Å². The summed E-state index contributed by atoms with van der Waals surface area (Å²) < 4.78 is 2.00. The lowest BCUT2D eigenvalue weighted by Gasteiger charge is -2.43. The summed E-state index contributed by atoms with van der Waals surface area (Å²) in [6, 6.07) is 8.12. The molecule has 4 rings (SSSR count). The number of para-hydroxylation sites is 1. The van der Waals surface area contributed by atoms with Crippen LogP contribution in [0.4, 0.5) is 0 Å². The fraction of sp³-hybridized carbons (Fsp3) is 0.412. The first-order valence-corrected chi connectivity index (χ1v) is 7.83. The van der Waals surface area contributed by atoms with E-state index in [1.165, 1.54) is 17.8 Å². The number of aromatic nitrogens is 3. The van der Waals surface area contributed by atoms with E-state index in [1.54, 1.807) is 0 Å². The van der Waals surface area contributed by atoms with Crippen LogP contribution in [0.3, 0.4) is 0 Å². The Morgan fingerprint density at radius 2 is 2.00 bits per heavy atom. The minimum absolute atomic E-state index is 0.0684. The van der Waals surface area contributed by atoms with Gasteiger partial charge >= 0.3 is 0 Å². The van der Waals surface area contributed by atoms with Gasteiger partial charge in [-0.3, -0.25) is 0 Å². The van der Waals surface area contributed by atoms with Gasteiger partial charge in [0.15, 0.2) is 0 Å². The van der Waals surface area contributed by atoms with E-state index in [0.717, 1.165) is 17.6 Å². The van der Waals surface area contributed by atoms with E-state index in [4.69, 9.17) is 0 Å². The number of hydrogen-bond donors (Lipinski definition) is 0. The van der Waals surface area contributed by atoms with Crippen LogP contribution in [0.1, 0.15) is 19.5 Å². The summed E-state index contributed by atoms with van der Waals surface area (Å²) in [5.74, 6) is 1.92. The van der Waals surface area contributed by atoms with E-state index in [0.29, 0.717) is 5.92 Å². The fourth-order valence-corrected chi connectivity index (χ4v) is 3.57. The second-order valence-corrected chi connectivity index (χ2v) is 6.30. The average Bonchev–Trinajstić information content (AvgIpc) is 2.95.